The second kappa shape index (κ2) is 68.3. The van der Waals surface area contributed by atoms with E-state index in [-0.39, 0.29) is 21.1 Å². The van der Waals surface area contributed by atoms with Crippen LogP contribution in [-0.4, -0.2) is 6.29 Å². The van der Waals surface area contributed by atoms with Crippen molar-refractivity contribution >= 4 is 6.29 Å². The SMILES string of the molecule is C=C[C-]=O.[C-]#[O+].[C-]#[O+].[C-]#[O+].[W].c1cc[cH-]c1. The van der Waals surface area contributed by atoms with Gasteiger partial charge in [-0.25, -0.2) is 24.8 Å². The van der Waals surface area contributed by atoms with Gasteiger partial charge in [-0.2, -0.15) is 18.2 Å². The first-order valence-corrected chi connectivity index (χ1v) is 3.18. The van der Waals surface area contributed by atoms with Crippen molar-refractivity contribution in [2.75, 3.05) is 0 Å². The van der Waals surface area contributed by atoms with Crippen molar-refractivity contribution in [2.45, 2.75) is 0 Å². The molecule has 0 aromatic heterocycles. The quantitative estimate of drug-likeness (QED) is 0.409. The van der Waals surface area contributed by atoms with Gasteiger partial charge in [0.15, 0.2) is 0 Å². The summed E-state index contributed by atoms with van der Waals surface area (Å²) in [6.07, 6.45) is 2.51. The zero-order chi connectivity index (χ0) is 12.9. The van der Waals surface area contributed by atoms with Crippen LogP contribution >= 0.6 is 0 Å². The fourth-order valence-electron chi connectivity index (χ4n) is 0.321. The molecule has 0 spiro atoms. The molecule has 1 aromatic carbocycles. The predicted molar refractivity (Wildman–Crippen MR) is 49.7 cm³/mol. The van der Waals surface area contributed by atoms with E-state index in [0.29, 0.717) is 0 Å². The summed E-state index contributed by atoms with van der Waals surface area (Å²) in [7, 11) is 0. The van der Waals surface area contributed by atoms with Crippen LogP contribution in [0.5, 0.6) is 0 Å². The standard InChI is InChI=1S/C5H5.C3H3O.3CO.W/c1-2-4-5-3-1;1-2-3-4;3*1-2;/h1-5H;2H,1H2;;;;/q2*-1;;;;. The molecule has 84 valence electrons. The van der Waals surface area contributed by atoms with E-state index < -0.39 is 0 Å². The van der Waals surface area contributed by atoms with Gasteiger partial charge in [-0.3, -0.25) is 0 Å². The van der Waals surface area contributed by atoms with Gasteiger partial charge in [0.1, 0.15) is 0 Å². The number of rotatable bonds is 1. The summed E-state index contributed by atoms with van der Waals surface area (Å²) >= 11 is 0. The number of carbonyl (C=O) groups excluding carboxylic acids is 1. The topological polar surface area (TPSA) is 76.8 Å². The van der Waals surface area contributed by atoms with Gasteiger partial charge in [0.25, 0.3) is 0 Å². The van der Waals surface area contributed by atoms with Crippen molar-refractivity contribution in [1.29, 1.82) is 0 Å². The normalized spacial score (nSPS) is 4.12. The van der Waals surface area contributed by atoms with Gasteiger partial charge >= 0.3 is 33.9 Å². The van der Waals surface area contributed by atoms with E-state index in [1.54, 1.807) is 0 Å². The summed E-state index contributed by atoms with van der Waals surface area (Å²) in [4.78, 5) is 8.93. The summed E-state index contributed by atoms with van der Waals surface area (Å²) in [5.41, 5.74) is 0. The van der Waals surface area contributed by atoms with E-state index in [0.717, 1.165) is 6.08 Å². The van der Waals surface area contributed by atoms with Gasteiger partial charge in [-0.1, -0.05) is 0 Å². The summed E-state index contributed by atoms with van der Waals surface area (Å²) in [5.74, 6) is 0. The van der Waals surface area contributed by atoms with Gasteiger partial charge in [0, 0.05) is 21.1 Å². The molecule has 0 saturated carbocycles. The fraction of sp³-hybridized carbons (Fsp3) is 0. The van der Waals surface area contributed by atoms with Crippen LogP contribution in [0.4, 0.5) is 0 Å². The molecule has 4 nitrogen and oxygen atoms in total. The van der Waals surface area contributed by atoms with Crippen molar-refractivity contribution in [2.24, 2.45) is 0 Å². The molecule has 0 saturated heterocycles. The van der Waals surface area contributed by atoms with Crippen LogP contribution in [-0.2, 0) is 39.8 Å². The van der Waals surface area contributed by atoms with Crippen LogP contribution in [0.2, 0.25) is 0 Å². The molecule has 0 bridgehead atoms. The van der Waals surface area contributed by atoms with Gasteiger partial charge in [-0.15, -0.1) is 0 Å². The zero-order valence-electron chi connectivity index (χ0n) is 8.21. The minimum atomic E-state index is 0. The Bertz CT molecular complexity index is 209. The van der Waals surface area contributed by atoms with Gasteiger partial charge in [-0.05, 0) is 6.29 Å². The van der Waals surface area contributed by atoms with E-state index >= 15 is 0 Å². The molecule has 16 heavy (non-hydrogen) atoms. The average molecular weight is 388 g/mol. The van der Waals surface area contributed by atoms with Crippen LogP contribution in [0.3, 0.4) is 0 Å². The molecular formula is C11H8O4W-2. The van der Waals surface area contributed by atoms with Crippen LogP contribution in [0.25, 0.3) is 0 Å². The Hall–Kier alpha value is -1.33. The Kier molecular flexibility index (Phi) is 125. The number of allylic oxidation sites excluding steroid dienone is 1. The second-order valence-electron chi connectivity index (χ2n) is 1.28. The molecule has 1 rings (SSSR count). The first kappa shape index (κ1) is 29.3. The van der Waals surface area contributed by atoms with Crippen LogP contribution in [0, 0.1) is 20.0 Å². The van der Waals surface area contributed by atoms with Crippen molar-refractivity contribution < 1.29 is 39.8 Å². The predicted octanol–water partition coefficient (Wildman–Crippen LogP) is 1.57. The molecule has 5 heteroatoms. The van der Waals surface area contributed by atoms with Crippen molar-refractivity contribution in [3.8, 4) is 0 Å². The maximum absolute atomic E-state index is 8.93. The summed E-state index contributed by atoms with van der Waals surface area (Å²) in [6, 6.07) is 10.0. The molecule has 0 fully saturated rings. The monoisotopic (exact) mass is 388 g/mol. The summed E-state index contributed by atoms with van der Waals surface area (Å²) in [6.45, 7) is 16.6. The Morgan fingerprint density at radius 1 is 1.06 bits per heavy atom. The second-order valence-corrected chi connectivity index (χ2v) is 1.28. The average Bonchev–Trinajstić information content (AvgIpc) is 2.95. The molecular weight excluding hydrogens is 380 g/mol. The molecule has 0 N–H and O–H groups in total. The third-order valence-electron chi connectivity index (χ3n) is 0.639. The van der Waals surface area contributed by atoms with Crippen molar-refractivity contribution in [3.05, 3.63) is 62.9 Å². The molecule has 0 amide bonds. The van der Waals surface area contributed by atoms with Gasteiger partial charge in [0.05, 0.1) is 0 Å². The maximum atomic E-state index is 8.93. The van der Waals surface area contributed by atoms with Crippen molar-refractivity contribution in [1.82, 2.24) is 0 Å². The molecule has 0 atom stereocenters. The number of hydrogen-bond acceptors (Lipinski definition) is 1. The Morgan fingerprint density at radius 2 is 1.31 bits per heavy atom. The largest absolute Gasteiger partial charge is 0.214 e. The van der Waals surface area contributed by atoms with Crippen LogP contribution in [0.1, 0.15) is 0 Å². The maximum Gasteiger partial charge on any atom is 0 e. The summed E-state index contributed by atoms with van der Waals surface area (Å²) < 4.78 is 22.5. The fourth-order valence-corrected chi connectivity index (χ4v) is 0.321. The van der Waals surface area contributed by atoms with Crippen molar-refractivity contribution in [3.63, 3.8) is 0 Å². The van der Waals surface area contributed by atoms with E-state index in [1.165, 1.54) is 6.29 Å². The van der Waals surface area contributed by atoms with Gasteiger partial charge < -0.3 is 4.79 Å². The molecule has 0 aliphatic rings. The molecule has 0 aliphatic carbocycles. The third kappa shape index (κ3) is 79.1. The molecule has 0 radical (unpaired) electrons. The Morgan fingerprint density at radius 3 is 1.38 bits per heavy atom. The molecule has 1 aromatic rings. The molecule has 0 aliphatic heterocycles. The van der Waals surface area contributed by atoms with E-state index in [9.17, 15) is 0 Å². The molecule has 0 heterocycles. The van der Waals surface area contributed by atoms with Gasteiger partial charge in [0.2, 0.25) is 0 Å². The first-order chi connectivity index (χ1) is 7.41. The van der Waals surface area contributed by atoms with Crippen LogP contribution in [0.15, 0.2) is 43.0 Å². The number of hydrogen-bond donors (Lipinski definition) is 0. The first-order valence-electron chi connectivity index (χ1n) is 3.18. The minimum absolute atomic E-state index is 0. The van der Waals surface area contributed by atoms with E-state index in [1.807, 2.05) is 30.3 Å². The minimum Gasteiger partial charge on any atom is -0.214 e. The Labute approximate surface area is 109 Å². The smallest absolute Gasteiger partial charge is 0 e. The van der Waals surface area contributed by atoms with E-state index in [2.05, 4.69) is 26.5 Å². The molecule has 0 unspecified atom stereocenters. The van der Waals surface area contributed by atoms with E-state index in [4.69, 9.17) is 18.8 Å². The Balaban J connectivity index is -0.0000000337. The summed E-state index contributed by atoms with van der Waals surface area (Å²) in [5, 5.41) is 0. The third-order valence-corrected chi connectivity index (χ3v) is 0.639. The zero-order valence-corrected chi connectivity index (χ0v) is 11.1. The van der Waals surface area contributed by atoms with Crippen LogP contribution < -0.4 is 0 Å².